The molecular formula is C17H18BrNO5. The molecule has 2 aromatic rings. The Hall–Kier alpha value is -2.15. The Bertz CT molecular complexity index is 843. The number of carboxylic acids is 1. The minimum absolute atomic E-state index is 0.164. The summed E-state index contributed by atoms with van der Waals surface area (Å²) < 4.78 is 5.97. The molecule has 0 unspecified atom stereocenters. The lowest BCUT2D eigenvalue weighted by molar-refractivity contribution is -0.139. The molecule has 1 atom stereocenters. The van der Waals surface area contributed by atoms with Gasteiger partial charge in [0.2, 0.25) is 0 Å². The lowest BCUT2D eigenvalue weighted by Crippen LogP contribution is -2.42. The van der Waals surface area contributed by atoms with Gasteiger partial charge in [-0.05, 0) is 37.1 Å². The number of hydrogen-bond donors (Lipinski definition) is 2. The minimum Gasteiger partial charge on any atom is -0.480 e. The number of amides is 1. The van der Waals surface area contributed by atoms with Crippen molar-refractivity contribution >= 4 is 38.8 Å². The Balaban J connectivity index is 2.41. The van der Waals surface area contributed by atoms with E-state index in [4.69, 9.17) is 4.42 Å². The summed E-state index contributed by atoms with van der Waals surface area (Å²) in [6.07, 6.45) is 1.78. The third-order valence-electron chi connectivity index (χ3n) is 3.80. The van der Waals surface area contributed by atoms with Gasteiger partial charge in [0.15, 0.2) is 0 Å². The lowest BCUT2D eigenvalue weighted by Gasteiger charge is -2.15. The molecule has 1 heterocycles. The first-order chi connectivity index (χ1) is 11.3. The smallest absolute Gasteiger partial charge is 0.349 e. The average molecular weight is 396 g/mol. The number of nitrogens with one attached hydrogen (secondary N) is 1. The van der Waals surface area contributed by atoms with Crippen LogP contribution in [0.25, 0.3) is 11.0 Å². The number of unbranched alkanes of at least 4 members (excludes halogenated alkanes) is 1. The first-order valence-corrected chi connectivity index (χ1v) is 8.41. The van der Waals surface area contributed by atoms with Crippen LogP contribution in [-0.4, -0.2) is 23.0 Å². The molecule has 6 nitrogen and oxygen atoms in total. The van der Waals surface area contributed by atoms with Gasteiger partial charge in [0, 0.05) is 9.86 Å². The van der Waals surface area contributed by atoms with Gasteiger partial charge in [-0.2, -0.15) is 0 Å². The van der Waals surface area contributed by atoms with E-state index in [0.717, 1.165) is 10.9 Å². The van der Waals surface area contributed by atoms with Gasteiger partial charge in [-0.1, -0.05) is 35.7 Å². The zero-order valence-electron chi connectivity index (χ0n) is 13.4. The zero-order valence-corrected chi connectivity index (χ0v) is 15.0. The highest BCUT2D eigenvalue weighted by Crippen LogP contribution is 2.23. The maximum Gasteiger partial charge on any atom is 0.349 e. The van der Waals surface area contributed by atoms with Crippen LogP contribution in [0.1, 0.15) is 42.1 Å². The minimum atomic E-state index is -1.12. The summed E-state index contributed by atoms with van der Waals surface area (Å²) in [6, 6.07) is 4.08. The van der Waals surface area contributed by atoms with Crippen molar-refractivity contribution in [1.82, 2.24) is 5.32 Å². The molecule has 2 N–H and O–H groups in total. The second kappa shape index (κ2) is 7.61. The molecule has 1 amide bonds. The van der Waals surface area contributed by atoms with Gasteiger partial charge in [0.1, 0.15) is 17.2 Å². The van der Waals surface area contributed by atoms with Crippen molar-refractivity contribution in [3.05, 3.63) is 44.2 Å². The third kappa shape index (κ3) is 3.84. The number of halogens is 1. The number of carbonyl (C=O) groups is 2. The molecule has 0 aliphatic rings. The van der Waals surface area contributed by atoms with E-state index in [2.05, 4.69) is 21.2 Å². The summed E-state index contributed by atoms with van der Waals surface area (Å²) in [4.78, 5) is 35.9. The molecule has 0 saturated heterocycles. The van der Waals surface area contributed by atoms with Crippen LogP contribution in [0.2, 0.25) is 0 Å². The molecule has 0 radical (unpaired) electrons. The van der Waals surface area contributed by atoms with Crippen LogP contribution < -0.4 is 10.9 Å². The Morgan fingerprint density at radius 2 is 2.08 bits per heavy atom. The van der Waals surface area contributed by atoms with Crippen molar-refractivity contribution in [2.45, 2.75) is 39.2 Å². The molecule has 0 bridgehead atoms. The van der Waals surface area contributed by atoms with E-state index in [0.29, 0.717) is 29.4 Å². The molecule has 1 aromatic heterocycles. The van der Waals surface area contributed by atoms with Crippen molar-refractivity contribution in [2.75, 3.05) is 0 Å². The first kappa shape index (κ1) is 18.2. The molecule has 1 aromatic carbocycles. The highest BCUT2D eigenvalue weighted by Gasteiger charge is 2.24. The predicted molar refractivity (Wildman–Crippen MR) is 93.3 cm³/mol. The van der Waals surface area contributed by atoms with Gasteiger partial charge in [-0.15, -0.1) is 0 Å². The van der Waals surface area contributed by atoms with Crippen LogP contribution in [-0.2, 0) is 4.79 Å². The fourth-order valence-corrected chi connectivity index (χ4v) is 2.84. The van der Waals surface area contributed by atoms with Gasteiger partial charge >= 0.3 is 11.6 Å². The van der Waals surface area contributed by atoms with E-state index < -0.39 is 23.5 Å². The summed E-state index contributed by atoms with van der Waals surface area (Å²) >= 11 is 3.34. The maximum atomic E-state index is 12.4. The van der Waals surface area contributed by atoms with Gasteiger partial charge < -0.3 is 14.8 Å². The number of fused-ring (bicyclic) bond motifs is 1. The molecular weight excluding hydrogens is 378 g/mol. The number of carboxylic acid groups (broad SMARTS) is 1. The molecule has 0 aliphatic heterocycles. The fraction of sp³-hybridized carbons (Fsp3) is 0.353. The Kier molecular flexibility index (Phi) is 5.77. The Morgan fingerprint density at radius 3 is 2.71 bits per heavy atom. The van der Waals surface area contributed by atoms with Gasteiger partial charge in [0.25, 0.3) is 5.91 Å². The van der Waals surface area contributed by atoms with Crippen LogP contribution in [0.3, 0.4) is 0 Å². The van der Waals surface area contributed by atoms with Crippen molar-refractivity contribution in [2.24, 2.45) is 0 Å². The third-order valence-corrected chi connectivity index (χ3v) is 4.30. The molecule has 128 valence electrons. The average Bonchev–Trinajstić information content (AvgIpc) is 2.52. The maximum absolute atomic E-state index is 12.4. The molecule has 0 saturated carbocycles. The molecule has 7 heteroatoms. The van der Waals surface area contributed by atoms with Gasteiger partial charge in [-0.25, -0.2) is 9.59 Å². The quantitative estimate of drug-likeness (QED) is 0.731. The number of benzene rings is 1. The lowest BCUT2D eigenvalue weighted by atomic mass is 10.0. The van der Waals surface area contributed by atoms with E-state index in [1.807, 2.05) is 6.92 Å². The second-order valence-corrected chi connectivity index (χ2v) is 6.45. The zero-order chi connectivity index (χ0) is 17.9. The molecule has 24 heavy (non-hydrogen) atoms. The van der Waals surface area contributed by atoms with E-state index in [1.165, 1.54) is 0 Å². The molecule has 0 spiro atoms. The highest BCUT2D eigenvalue weighted by atomic mass is 79.9. The molecule has 0 aliphatic carbocycles. The van der Waals surface area contributed by atoms with Crippen LogP contribution in [0.4, 0.5) is 0 Å². The highest BCUT2D eigenvalue weighted by molar-refractivity contribution is 9.10. The van der Waals surface area contributed by atoms with Crippen LogP contribution >= 0.6 is 15.9 Å². The van der Waals surface area contributed by atoms with Gasteiger partial charge in [0.05, 0.1) is 0 Å². The van der Waals surface area contributed by atoms with E-state index >= 15 is 0 Å². The van der Waals surface area contributed by atoms with Gasteiger partial charge in [-0.3, -0.25) is 4.79 Å². The predicted octanol–water partition coefficient (Wildman–Crippen LogP) is 3.24. The summed E-state index contributed by atoms with van der Waals surface area (Å²) in [5.74, 6) is -1.85. The van der Waals surface area contributed by atoms with Crippen LogP contribution in [0.15, 0.2) is 31.9 Å². The number of rotatable bonds is 6. The first-order valence-electron chi connectivity index (χ1n) is 7.61. The standard InChI is InChI=1S/C17H18BrNO5/c1-3-4-5-12(16(21)22)19-15(20)14-9(2)11-8-10(18)6-7-13(11)24-17(14)23/h6-8,12H,3-5H2,1-2H3,(H,19,20)(H,21,22)/t12-/m0/s1. The summed E-state index contributed by atoms with van der Waals surface area (Å²) in [5, 5.41) is 12.3. The Labute approximate surface area is 147 Å². The van der Waals surface area contributed by atoms with E-state index in [1.54, 1.807) is 25.1 Å². The number of carbonyl (C=O) groups excluding carboxylic acids is 1. The van der Waals surface area contributed by atoms with E-state index in [-0.39, 0.29) is 5.56 Å². The normalized spacial score (nSPS) is 12.1. The topological polar surface area (TPSA) is 96.6 Å². The van der Waals surface area contributed by atoms with Crippen molar-refractivity contribution in [1.29, 1.82) is 0 Å². The number of aryl methyl sites for hydroxylation is 1. The molecule has 2 rings (SSSR count). The summed E-state index contributed by atoms with van der Waals surface area (Å²) in [5.41, 5.74) is -0.111. The second-order valence-electron chi connectivity index (χ2n) is 5.54. The van der Waals surface area contributed by atoms with Crippen molar-refractivity contribution < 1.29 is 19.1 Å². The number of hydrogen-bond acceptors (Lipinski definition) is 4. The van der Waals surface area contributed by atoms with Crippen molar-refractivity contribution in [3.8, 4) is 0 Å². The van der Waals surface area contributed by atoms with Crippen LogP contribution in [0.5, 0.6) is 0 Å². The fourth-order valence-electron chi connectivity index (χ4n) is 2.48. The van der Waals surface area contributed by atoms with Crippen LogP contribution in [0, 0.1) is 6.92 Å². The largest absolute Gasteiger partial charge is 0.480 e. The van der Waals surface area contributed by atoms with E-state index in [9.17, 15) is 19.5 Å². The molecule has 0 fully saturated rings. The summed E-state index contributed by atoms with van der Waals surface area (Å²) in [6.45, 7) is 3.57. The number of aliphatic carboxylic acids is 1. The SMILES string of the molecule is CCCC[C@H](NC(=O)c1c(C)c2cc(Br)ccc2oc1=O)C(=O)O. The Morgan fingerprint density at radius 1 is 1.38 bits per heavy atom. The van der Waals surface area contributed by atoms with Crippen molar-refractivity contribution in [3.63, 3.8) is 0 Å². The monoisotopic (exact) mass is 395 g/mol. The summed E-state index contributed by atoms with van der Waals surface area (Å²) in [7, 11) is 0.